The van der Waals surface area contributed by atoms with Crippen molar-refractivity contribution in [1.29, 1.82) is 5.26 Å². The van der Waals surface area contributed by atoms with Gasteiger partial charge < -0.3 is 9.47 Å². The van der Waals surface area contributed by atoms with Crippen molar-refractivity contribution in [3.05, 3.63) is 28.8 Å². The Labute approximate surface area is 109 Å². The normalized spacial score (nSPS) is 10.1. The van der Waals surface area contributed by atoms with Gasteiger partial charge in [-0.05, 0) is 31.0 Å². The van der Waals surface area contributed by atoms with Gasteiger partial charge in [0.2, 0.25) is 0 Å². The number of hydrogen-bond donors (Lipinski definition) is 0. The smallest absolute Gasteiger partial charge is 0.387 e. The Bertz CT molecular complexity index is 509. The van der Waals surface area contributed by atoms with Crippen molar-refractivity contribution in [1.82, 2.24) is 0 Å². The average Bonchev–Trinajstić information content (AvgIpc) is 2.34. The van der Waals surface area contributed by atoms with Gasteiger partial charge in [-0.1, -0.05) is 6.07 Å². The molecule has 1 rings (SSSR count). The van der Waals surface area contributed by atoms with Gasteiger partial charge >= 0.3 is 12.6 Å². The molecule has 0 bridgehead atoms. The molecule has 19 heavy (non-hydrogen) atoms. The zero-order valence-electron chi connectivity index (χ0n) is 10.6. The Morgan fingerprint density at radius 3 is 2.68 bits per heavy atom. The molecule has 1 aromatic rings. The Morgan fingerprint density at radius 1 is 1.47 bits per heavy atom. The van der Waals surface area contributed by atoms with Crippen LogP contribution in [-0.4, -0.2) is 19.2 Å². The second-order valence-electron chi connectivity index (χ2n) is 3.70. The Hall–Kier alpha value is -2.16. The summed E-state index contributed by atoms with van der Waals surface area (Å²) >= 11 is 0. The number of rotatable bonds is 5. The van der Waals surface area contributed by atoms with Crippen molar-refractivity contribution in [2.45, 2.75) is 26.9 Å². The van der Waals surface area contributed by atoms with E-state index in [9.17, 15) is 13.6 Å². The Morgan fingerprint density at radius 2 is 2.16 bits per heavy atom. The number of alkyl halides is 2. The molecule has 0 fully saturated rings. The summed E-state index contributed by atoms with van der Waals surface area (Å²) in [5, 5.41) is 8.85. The summed E-state index contributed by atoms with van der Waals surface area (Å²) in [5.74, 6) is -0.655. The van der Waals surface area contributed by atoms with Crippen LogP contribution in [-0.2, 0) is 16.0 Å². The topological polar surface area (TPSA) is 59.3 Å². The largest absolute Gasteiger partial charge is 0.466 e. The van der Waals surface area contributed by atoms with Gasteiger partial charge in [0.15, 0.2) is 0 Å². The van der Waals surface area contributed by atoms with Crippen LogP contribution in [0.3, 0.4) is 0 Å². The minimum Gasteiger partial charge on any atom is -0.466 e. The fourth-order valence-electron chi connectivity index (χ4n) is 1.62. The summed E-state index contributed by atoms with van der Waals surface area (Å²) in [6.45, 7) is 0.417. The van der Waals surface area contributed by atoms with Crippen molar-refractivity contribution >= 4 is 5.97 Å². The molecule has 1 aromatic carbocycles. The number of carbonyl (C=O) groups is 1. The summed E-state index contributed by atoms with van der Waals surface area (Å²) in [6, 6.07) is 4.65. The van der Waals surface area contributed by atoms with E-state index in [0.717, 1.165) is 0 Å². The lowest BCUT2D eigenvalue weighted by molar-refractivity contribution is -0.142. The van der Waals surface area contributed by atoms with Gasteiger partial charge in [-0.2, -0.15) is 14.0 Å². The molecule has 0 aromatic heterocycles. The van der Waals surface area contributed by atoms with Crippen molar-refractivity contribution < 1.29 is 23.0 Å². The van der Waals surface area contributed by atoms with Crippen LogP contribution in [0.15, 0.2) is 12.1 Å². The first-order valence-corrected chi connectivity index (χ1v) is 5.62. The number of halogens is 2. The van der Waals surface area contributed by atoms with Crippen LogP contribution in [0.5, 0.6) is 5.75 Å². The summed E-state index contributed by atoms with van der Waals surface area (Å²) in [5.41, 5.74) is 0.839. The molecule has 0 aliphatic carbocycles. The van der Waals surface area contributed by atoms with E-state index in [-0.39, 0.29) is 24.3 Å². The van der Waals surface area contributed by atoms with Crippen LogP contribution in [0.2, 0.25) is 0 Å². The highest BCUT2D eigenvalue weighted by molar-refractivity contribution is 5.73. The molecule has 0 saturated heterocycles. The maximum atomic E-state index is 12.3. The third-order valence-electron chi connectivity index (χ3n) is 2.49. The molecule has 6 heteroatoms. The number of hydrogen-bond acceptors (Lipinski definition) is 4. The van der Waals surface area contributed by atoms with Crippen molar-refractivity contribution in [2.75, 3.05) is 6.61 Å². The number of benzene rings is 1. The van der Waals surface area contributed by atoms with E-state index in [4.69, 9.17) is 10.00 Å². The molecule has 0 saturated carbocycles. The molecule has 0 amide bonds. The number of nitriles is 1. The van der Waals surface area contributed by atoms with Crippen molar-refractivity contribution in [2.24, 2.45) is 0 Å². The van der Waals surface area contributed by atoms with Gasteiger partial charge in [-0.25, -0.2) is 0 Å². The lowest BCUT2D eigenvalue weighted by Crippen LogP contribution is -2.11. The molecular formula is C13H13F2NO3. The summed E-state index contributed by atoms with van der Waals surface area (Å²) in [4.78, 5) is 11.4. The first-order valence-electron chi connectivity index (χ1n) is 5.62. The van der Waals surface area contributed by atoms with E-state index >= 15 is 0 Å². The predicted molar refractivity (Wildman–Crippen MR) is 62.9 cm³/mol. The zero-order valence-corrected chi connectivity index (χ0v) is 10.6. The lowest BCUT2D eigenvalue weighted by Gasteiger charge is -2.13. The maximum absolute atomic E-state index is 12.3. The summed E-state index contributed by atoms with van der Waals surface area (Å²) in [7, 11) is 0. The zero-order chi connectivity index (χ0) is 14.4. The SMILES string of the molecule is CCOC(=O)Cc1ccc(C#N)c(OC(F)F)c1C. The van der Waals surface area contributed by atoms with Crippen LogP contribution in [0, 0.1) is 18.3 Å². The molecular weight excluding hydrogens is 256 g/mol. The third-order valence-corrected chi connectivity index (χ3v) is 2.49. The average molecular weight is 269 g/mol. The van der Waals surface area contributed by atoms with Gasteiger partial charge in [-0.3, -0.25) is 4.79 Å². The highest BCUT2D eigenvalue weighted by atomic mass is 19.3. The fraction of sp³-hybridized carbons (Fsp3) is 0.385. The standard InChI is InChI=1S/C13H13F2NO3/c1-3-18-11(17)6-9-4-5-10(7-16)12(8(9)2)19-13(14)15/h4-5,13H,3,6H2,1-2H3. The van der Waals surface area contributed by atoms with E-state index in [0.29, 0.717) is 11.1 Å². The van der Waals surface area contributed by atoms with Crippen LogP contribution in [0.25, 0.3) is 0 Å². The van der Waals surface area contributed by atoms with Crippen LogP contribution < -0.4 is 4.74 Å². The van der Waals surface area contributed by atoms with Crippen LogP contribution >= 0.6 is 0 Å². The maximum Gasteiger partial charge on any atom is 0.387 e. The van der Waals surface area contributed by atoms with Crippen molar-refractivity contribution in [3.8, 4) is 11.8 Å². The fourth-order valence-corrected chi connectivity index (χ4v) is 1.62. The molecule has 0 aliphatic rings. The van der Waals surface area contributed by atoms with Crippen LogP contribution in [0.4, 0.5) is 8.78 Å². The molecule has 0 atom stereocenters. The van der Waals surface area contributed by atoms with Gasteiger partial charge in [0, 0.05) is 0 Å². The second-order valence-corrected chi connectivity index (χ2v) is 3.70. The highest BCUT2D eigenvalue weighted by Gasteiger charge is 2.17. The van der Waals surface area contributed by atoms with Crippen LogP contribution in [0.1, 0.15) is 23.6 Å². The van der Waals surface area contributed by atoms with E-state index in [1.807, 2.05) is 0 Å². The van der Waals surface area contributed by atoms with Gasteiger partial charge in [0.05, 0.1) is 18.6 Å². The van der Waals surface area contributed by atoms with E-state index < -0.39 is 12.6 Å². The number of ether oxygens (including phenoxy) is 2. The Kier molecular flexibility index (Phi) is 5.24. The monoisotopic (exact) mass is 269 g/mol. The number of carbonyl (C=O) groups excluding carboxylic acids is 1. The molecule has 0 heterocycles. The highest BCUT2D eigenvalue weighted by Crippen LogP contribution is 2.28. The van der Waals surface area contributed by atoms with Crippen molar-refractivity contribution in [3.63, 3.8) is 0 Å². The quantitative estimate of drug-likeness (QED) is 0.771. The van der Waals surface area contributed by atoms with Gasteiger partial charge in [0.1, 0.15) is 11.8 Å². The Balaban J connectivity index is 3.09. The molecule has 0 unspecified atom stereocenters. The first kappa shape index (κ1) is 14.9. The molecule has 0 aliphatic heterocycles. The van der Waals surface area contributed by atoms with Gasteiger partial charge in [-0.15, -0.1) is 0 Å². The number of nitrogens with zero attached hydrogens (tertiary/aromatic N) is 1. The summed E-state index contributed by atoms with van der Waals surface area (Å²) < 4.78 is 33.7. The van der Waals surface area contributed by atoms with E-state index in [2.05, 4.69) is 4.74 Å². The second kappa shape index (κ2) is 6.69. The first-order chi connectivity index (χ1) is 8.99. The van der Waals surface area contributed by atoms with E-state index in [1.54, 1.807) is 13.0 Å². The predicted octanol–water partition coefficient (Wildman–Crippen LogP) is 2.57. The molecule has 102 valence electrons. The number of esters is 1. The molecule has 0 N–H and O–H groups in total. The summed E-state index contributed by atoms with van der Waals surface area (Å²) in [6.07, 6.45) is -0.0506. The van der Waals surface area contributed by atoms with E-state index in [1.165, 1.54) is 19.1 Å². The minimum atomic E-state index is -3.02. The molecule has 0 radical (unpaired) electrons. The molecule has 0 spiro atoms. The van der Waals surface area contributed by atoms with Gasteiger partial charge in [0.25, 0.3) is 0 Å². The third kappa shape index (κ3) is 3.91. The minimum absolute atomic E-state index is 0.00501. The lowest BCUT2D eigenvalue weighted by atomic mass is 10.0. The molecule has 4 nitrogen and oxygen atoms in total.